The van der Waals surface area contributed by atoms with E-state index in [4.69, 9.17) is 11.6 Å². The Hall–Kier alpha value is -0.750. The molecular formula is C8H11ClN4OS. The molecule has 1 atom stereocenters. The van der Waals surface area contributed by atoms with Crippen molar-refractivity contribution in [3.05, 3.63) is 0 Å². The zero-order valence-corrected chi connectivity index (χ0v) is 9.81. The summed E-state index contributed by atoms with van der Waals surface area (Å²) in [4.78, 5) is 11.4. The summed E-state index contributed by atoms with van der Waals surface area (Å²) in [5, 5.41) is 10.9. The lowest BCUT2D eigenvalue weighted by molar-refractivity contribution is -0.115. The number of thioether (sulfide) groups is 1. The van der Waals surface area contributed by atoms with Crippen LogP contribution in [-0.2, 0) is 11.3 Å². The van der Waals surface area contributed by atoms with E-state index in [0.717, 1.165) is 23.9 Å². The van der Waals surface area contributed by atoms with Gasteiger partial charge < -0.3 is 0 Å². The molecule has 1 aliphatic heterocycles. The van der Waals surface area contributed by atoms with Crippen molar-refractivity contribution in [2.45, 2.75) is 30.4 Å². The molecule has 0 spiro atoms. The molecule has 0 fully saturated rings. The molecule has 1 aromatic rings. The quantitative estimate of drug-likeness (QED) is 0.800. The number of nitrogens with zero attached hydrogens (tertiary/aromatic N) is 3. The van der Waals surface area contributed by atoms with Crippen LogP contribution in [-0.4, -0.2) is 31.8 Å². The maximum atomic E-state index is 11.4. The van der Waals surface area contributed by atoms with E-state index in [-0.39, 0.29) is 5.91 Å². The van der Waals surface area contributed by atoms with Crippen molar-refractivity contribution >= 4 is 35.2 Å². The van der Waals surface area contributed by atoms with Crippen LogP contribution in [0.25, 0.3) is 0 Å². The molecule has 1 unspecified atom stereocenters. The molecule has 0 aromatic carbocycles. The van der Waals surface area contributed by atoms with Crippen LogP contribution in [0.4, 0.5) is 5.95 Å². The van der Waals surface area contributed by atoms with E-state index in [1.54, 1.807) is 18.7 Å². The van der Waals surface area contributed by atoms with Crippen LogP contribution in [0.1, 0.15) is 13.3 Å². The van der Waals surface area contributed by atoms with Gasteiger partial charge in [-0.25, -0.2) is 0 Å². The predicted octanol–water partition coefficient (Wildman–Crippen LogP) is 1.34. The number of anilines is 1. The first-order chi connectivity index (χ1) is 7.18. The standard InChI is InChI=1S/C8H11ClN4OS/c1-5(9)6(14)10-7-11-12-8-13(7)3-2-4-15-8/h5H,2-4H2,1H3,(H,10,11,14). The lowest BCUT2D eigenvalue weighted by atomic mass is 10.4. The summed E-state index contributed by atoms with van der Waals surface area (Å²) in [5.41, 5.74) is 0. The Kier molecular flexibility index (Phi) is 3.16. The normalized spacial score (nSPS) is 16.9. The van der Waals surface area contributed by atoms with Crippen LogP contribution in [0, 0.1) is 0 Å². The monoisotopic (exact) mass is 246 g/mol. The lowest BCUT2D eigenvalue weighted by Crippen LogP contribution is -2.23. The van der Waals surface area contributed by atoms with Crippen LogP contribution in [0.2, 0.25) is 0 Å². The number of carbonyl (C=O) groups excluding carboxylic acids is 1. The highest BCUT2D eigenvalue weighted by atomic mass is 35.5. The number of alkyl halides is 1. The maximum absolute atomic E-state index is 11.4. The molecule has 1 aliphatic rings. The van der Waals surface area contributed by atoms with Gasteiger partial charge in [-0.15, -0.1) is 21.8 Å². The van der Waals surface area contributed by atoms with Crippen LogP contribution in [0.15, 0.2) is 5.16 Å². The van der Waals surface area contributed by atoms with Crippen LogP contribution in [0.5, 0.6) is 0 Å². The molecule has 1 N–H and O–H groups in total. The van der Waals surface area contributed by atoms with Gasteiger partial charge in [0, 0.05) is 12.3 Å². The molecule has 0 bridgehead atoms. The van der Waals surface area contributed by atoms with E-state index in [0.29, 0.717) is 5.95 Å². The number of halogens is 1. The zero-order chi connectivity index (χ0) is 10.8. The highest BCUT2D eigenvalue weighted by molar-refractivity contribution is 7.99. The molecule has 7 heteroatoms. The van der Waals surface area contributed by atoms with Crippen molar-refractivity contribution in [2.75, 3.05) is 11.1 Å². The fraction of sp³-hybridized carbons (Fsp3) is 0.625. The first-order valence-corrected chi connectivity index (χ1v) is 6.11. The SMILES string of the molecule is CC(Cl)C(=O)Nc1nnc2n1CCCS2. The largest absolute Gasteiger partial charge is 0.293 e. The second-order valence-corrected chi connectivity index (χ2v) is 4.98. The highest BCUT2D eigenvalue weighted by Gasteiger charge is 2.19. The van der Waals surface area contributed by atoms with Crippen molar-refractivity contribution in [2.24, 2.45) is 0 Å². The van der Waals surface area contributed by atoms with Gasteiger partial charge in [0.05, 0.1) is 0 Å². The summed E-state index contributed by atoms with van der Waals surface area (Å²) in [7, 11) is 0. The minimum atomic E-state index is -0.561. The minimum absolute atomic E-state index is 0.248. The number of aromatic nitrogens is 3. The van der Waals surface area contributed by atoms with Gasteiger partial charge in [-0.1, -0.05) is 11.8 Å². The number of hydrogen-bond donors (Lipinski definition) is 1. The molecule has 0 aliphatic carbocycles. The Morgan fingerprint density at radius 1 is 1.67 bits per heavy atom. The Bertz CT molecular complexity index is 379. The summed E-state index contributed by atoms with van der Waals surface area (Å²) < 4.78 is 1.91. The van der Waals surface area contributed by atoms with Gasteiger partial charge in [0.25, 0.3) is 0 Å². The summed E-state index contributed by atoms with van der Waals surface area (Å²) in [6, 6.07) is 0. The van der Waals surface area contributed by atoms with Crippen molar-refractivity contribution in [3.63, 3.8) is 0 Å². The topological polar surface area (TPSA) is 59.8 Å². The average molecular weight is 247 g/mol. The minimum Gasteiger partial charge on any atom is -0.293 e. The number of rotatable bonds is 2. The fourth-order valence-electron chi connectivity index (χ4n) is 1.29. The number of nitrogens with one attached hydrogen (secondary N) is 1. The molecular weight excluding hydrogens is 236 g/mol. The number of fused-ring (bicyclic) bond motifs is 1. The molecule has 1 aromatic heterocycles. The third-order valence-electron chi connectivity index (χ3n) is 2.07. The molecule has 0 saturated heterocycles. The molecule has 0 saturated carbocycles. The van der Waals surface area contributed by atoms with E-state index in [9.17, 15) is 4.79 Å². The average Bonchev–Trinajstić information content (AvgIpc) is 2.62. The Balaban J connectivity index is 2.15. The van der Waals surface area contributed by atoms with Gasteiger partial charge >= 0.3 is 0 Å². The number of hydrogen-bond acceptors (Lipinski definition) is 4. The van der Waals surface area contributed by atoms with Crippen molar-refractivity contribution < 1.29 is 4.79 Å². The molecule has 1 amide bonds. The number of carbonyl (C=O) groups is 1. The predicted molar refractivity (Wildman–Crippen MR) is 59.3 cm³/mol. The van der Waals surface area contributed by atoms with Crippen molar-refractivity contribution in [3.8, 4) is 0 Å². The maximum Gasteiger partial charge on any atom is 0.244 e. The van der Waals surface area contributed by atoms with Crippen LogP contribution < -0.4 is 5.32 Å². The summed E-state index contributed by atoms with van der Waals surface area (Å²) in [5.74, 6) is 1.30. The second kappa shape index (κ2) is 4.40. The fourth-order valence-corrected chi connectivity index (χ4v) is 2.23. The van der Waals surface area contributed by atoms with Crippen molar-refractivity contribution in [1.82, 2.24) is 14.8 Å². The summed E-state index contributed by atoms with van der Waals surface area (Å²) in [6.07, 6.45) is 1.06. The van der Waals surface area contributed by atoms with E-state index in [2.05, 4.69) is 15.5 Å². The van der Waals surface area contributed by atoms with Gasteiger partial charge in [-0.05, 0) is 13.3 Å². The zero-order valence-electron chi connectivity index (χ0n) is 8.23. The molecule has 2 rings (SSSR count). The smallest absolute Gasteiger partial charge is 0.244 e. The van der Waals surface area contributed by atoms with Gasteiger partial charge in [-0.2, -0.15) is 0 Å². The number of amides is 1. The van der Waals surface area contributed by atoms with E-state index < -0.39 is 5.38 Å². The first kappa shape index (κ1) is 10.8. The molecule has 5 nitrogen and oxygen atoms in total. The molecule has 0 radical (unpaired) electrons. The lowest BCUT2D eigenvalue weighted by Gasteiger charge is -2.14. The Morgan fingerprint density at radius 2 is 2.47 bits per heavy atom. The van der Waals surface area contributed by atoms with Crippen LogP contribution in [0.3, 0.4) is 0 Å². The van der Waals surface area contributed by atoms with Crippen LogP contribution >= 0.6 is 23.4 Å². The van der Waals surface area contributed by atoms with Gasteiger partial charge in [-0.3, -0.25) is 14.7 Å². The van der Waals surface area contributed by atoms with E-state index in [1.807, 2.05) is 4.57 Å². The highest BCUT2D eigenvalue weighted by Crippen LogP contribution is 2.25. The van der Waals surface area contributed by atoms with Crippen molar-refractivity contribution in [1.29, 1.82) is 0 Å². The Morgan fingerprint density at radius 3 is 3.20 bits per heavy atom. The Labute approximate surface area is 96.6 Å². The molecule has 82 valence electrons. The third-order valence-corrected chi connectivity index (χ3v) is 3.32. The van der Waals surface area contributed by atoms with Gasteiger partial charge in [0.15, 0.2) is 5.16 Å². The summed E-state index contributed by atoms with van der Waals surface area (Å²) in [6.45, 7) is 2.47. The second-order valence-electron chi connectivity index (χ2n) is 3.27. The van der Waals surface area contributed by atoms with Gasteiger partial charge in [0.2, 0.25) is 11.9 Å². The van der Waals surface area contributed by atoms with E-state index in [1.165, 1.54) is 0 Å². The van der Waals surface area contributed by atoms with Gasteiger partial charge in [0.1, 0.15) is 5.38 Å². The first-order valence-electron chi connectivity index (χ1n) is 4.69. The third kappa shape index (κ3) is 2.26. The van der Waals surface area contributed by atoms with E-state index >= 15 is 0 Å². The molecule has 15 heavy (non-hydrogen) atoms. The summed E-state index contributed by atoms with van der Waals surface area (Å²) >= 11 is 7.30. The molecule has 2 heterocycles.